The van der Waals surface area contributed by atoms with Crippen molar-refractivity contribution in [1.29, 1.82) is 0 Å². The number of urea groups is 1. The van der Waals surface area contributed by atoms with Crippen molar-refractivity contribution in [2.75, 3.05) is 5.32 Å². The van der Waals surface area contributed by atoms with Crippen molar-refractivity contribution in [2.24, 2.45) is 0 Å². The standard InChI is InChI=1S/C26H24ClN3O4/c27-20-11-6-12-21(14-20)28-26(34)29-24(17-7-2-1-3-8-17)25(33)30-16-19-10-5-4-9-18(19)13-22(30)15-23(31)32/h1-12,14,22,24H,13,15-16H2,(H,31,32)(H2,28,29,34)/t22-,24?/m1/s1. The number of halogens is 1. The van der Waals surface area contributed by atoms with Gasteiger partial charge in [0.1, 0.15) is 6.04 Å². The van der Waals surface area contributed by atoms with Gasteiger partial charge in [-0.15, -0.1) is 0 Å². The Hall–Kier alpha value is -3.84. The Balaban J connectivity index is 1.61. The molecule has 0 fully saturated rings. The maximum atomic E-state index is 13.8. The van der Waals surface area contributed by atoms with Crippen LogP contribution in [0.1, 0.15) is 29.2 Å². The zero-order valence-electron chi connectivity index (χ0n) is 18.3. The SMILES string of the molecule is O=C(O)C[C@H]1Cc2ccccc2CN1C(=O)C(NC(=O)Nc1cccc(Cl)c1)c1ccccc1. The zero-order chi connectivity index (χ0) is 24.1. The summed E-state index contributed by atoms with van der Waals surface area (Å²) >= 11 is 6.00. The predicted octanol–water partition coefficient (Wildman–Crippen LogP) is 4.63. The van der Waals surface area contributed by atoms with Gasteiger partial charge in [0.15, 0.2) is 0 Å². The third-order valence-electron chi connectivity index (χ3n) is 5.79. The molecular weight excluding hydrogens is 454 g/mol. The summed E-state index contributed by atoms with van der Waals surface area (Å²) in [5, 5.41) is 15.4. The van der Waals surface area contributed by atoms with Crippen molar-refractivity contribution in [3.05, 3.63) is 101 Å². The molecule has 3 aromatic carbocycles. The first kappa shape index (κ1) is 23.3. The van der Waals surface area contributed by atoms with Crippen molar-refractivity contribution < 1.29 is 19.5 Å². The molecular formula is C26H24ClN3O4. The number of benzene rings is 3. The van der Waals surface area contributed by atoms with Crippen molar-refractivity contribution in [3.63, 3.8) is 0 Å². The number of nitrogens with zero attached hydrogens (tertiary/aromatic N) is 1. The number of aliphatic carboxylic acids is 1. The Kier molecular flexibility index (Phi) is 7.13. The Morgan fingerprint density at radius 3 is 2.38 bits per heavy atom. The van der Waals surface area contributed by atoms with Gasteiger partial charge in [-0.1, -0.05) is 72.3 Å². The van der Waals surface area contributed by atoms with Gasteiger partial charge in [-0.2, -0.15) is 0 Å². The summed E-state index contributed by atoms with van der Waals surface area (Å²) in [6, 6.07) is 21.2. The number of hydrogen-bond acceptors (Lipinski definition) is 3. The number of carboxylic acid groups (broad SMARTS) is 1. The number of carboxylic acids is 1. The number of amides is 3. The van der Waals surface area contributed by atoms with E-state index in [9.17, 15) is 19.5 Å². The van der Waals surface area contributed by atoms with E-state index in [-0.39, 0.29) is 18.9 Å². The van der Waals surface area contributed by atoms with Gasteiger partial charge in [-0.3, -0.25) is 9.59 Å². The quantitative estimate of drug-likeness (QED) is 0.482. The lowest BCUT2D eigenvalue weighted by molar-refractivity contribution is -0.142. The highest BCUT2D eigenvalue weighted by molar-refractivity contribution is 6.30. The first-order chi connectivity index (χ1) is 16.4. The van der Waals surface area contributed by atoms with Crippen LogP contribution in [0.4, 0.5) is 10.5 Å². The fourth-order valence-electron chi connectivity index (χ4n) is 4.19. The van der Waals surface area contributed by atoms with Gasteiger partial charge in [0, 0.05) is 23.3 Å². The summed E-state index contributed by atoms with van der Waals surface area (Å²) in [6.45, 7) is 0.272. The Bertz CT molecular complexity index is 1200. The fraction of sp³-hybridized carbons (Fsp3) is 0.192. The highest BCUT2D eigenvalue weighted by Crippen LogP contribution is 2.28. The molecule has 34 heavy (non-hydrogen) atoms. The molecule has 0 bridgehead atoms. The number of nitrogens with one attached hydrogen (secondary N) is 2. The van der Waals surface area contributed by atoms with Gasteiger partial charge in [0.05, 0.1) is 6.42 Å². The average molecular weight is 478 g/mol. The lowest BCUT2D eigenvalue weighted by Gasteiger charge is -2.38. The molecule has 0 aliphatic carbocycles. The minimum Gasteiger partial charge on any atom is -0.481 e. The summed E-state index contributed by atoms with van der Waals surface area (Å²) in [4.78, 5) is 39.8. The third-order valence-corrected chi connectivity index (χ3v) is 6.02. The summed E-state index contributed by atoms with van der Waals surface area (Å²) < 4.78 is 0. The molecule has 0 saturated heterocycles. The largest absolute Gasteiger partial charge is 0.481 e. The molecule has 7 nitrogen and oxygen atoms in total. The van der Waals surface area contributed by atoms with E-state index in [1.807, 2.05) is 30.3 Å². The first-order valence-electron chi connectivity index (χ1n) is 10.9. The van der Waals surface area contributed by atoms with E-state index in [2.05, 4.69) is 10.6 Å². The Morgan fingerprint density at radius 2 is 1.68 bits per heavy atom. The van der Waals surface area contributed by atoms with Gasteiger partial charge in [0.25, 0.3) is 0 Å². The highest BCUT2D eigenvalue weighted by Gasteiger charge is 2.36. The summed E-state index contributed by atoms with van der Waals surface area (Å²) in [6.07, 6.45) is 0.251. The smallest absolute Gasteiger partial charge is 0.320 e. The van der Waals surface area contributed by atoms with Crippen LogP contribution in [0, 0.1) is 0 Å². The molecule has 1 heterocycles. The van der Waals surface area contributed by atoms with Crippen LogP contribution in [0.15, 0.2) is 78.9 Å². The Labute approximate surface area is 202 Å². The first-order valence-corrected chi connectivity index (χ1v) is 11.3. The molecule has 8 heteroatoms. The van der Waals surface area contributed by atoms with Crippen molar-refractivity contribution in [1.82, 2.24) is 10.2 Å². The van der Waals surface area contributed by atoms with Crippen molar-refractivity contribution in [2.45, 2.75) is 31.5 Å². The number of fused-ring (bicyclic) bond motifs is 1. The van der Waals surface area contributed by atoms with Crippen LogP contribution in [0.5, 0.6) is 0 Å². The molecule has 2 atom stereocenters. The molecule has 3 N–H and O–H groups in total. The number of hydrogen-bond donors (Lipinski definition) is 3. The number of rotatable bonds is 6. The van der Waals surface area contributed by atoms with Crippen LogP contribution < -0.4 is 10.6 Å². The van der Waals surface area contributed by atoms with E-state index in [0.29, 0.717) is 22.7 Å². The molecule has 174 valence electrons. The highest BCUT2D eigenvalue weighted by atomic mass is 35.5. The molecule has 1 unspecified atom stereocenters. The Morgan fingerprint density at radius 1 is 0.971 bits per heavy atom. The van der Waals surface area contributed by atoms with Crippen LogP contribution >= 0.6 is 11.6 Å². The van der Waals surface area contributed by atoms with E-state index in [1.165, 1.54) is 0 Å². The monoisotopic (exact) mass is 477 g/mol. The second-order valence-electron chi connectivity index (χ2n) is 8.14. The molecule has 1 aliphatic heterocycles. The molecule has 0 saturated carbocycles. The van der Waals surface area contributed by atoms with Crippen LogP contribution in [0.2, 0.25) is 5.02 Å². The van der Waals surface area contributed by atoms with E-state index in [1.54, 1.807) is 53.4 Å². The lowest BCUT2D eigenvalue weighted by Crippen LogP contribution is -2.50. The van der Waals surface area contributed by atoms with E-state index < -0.39 is 24.1 Å². The van der Waals surface area contributed by atoms with Gasteiger partial charge >= 0.3 is 12.0 Å². The third kappa shape index (κ3) is 5.55. The number of carbonyl (C=O) groups is 3. The fourth-order valence-corrected chi connectivity index (χ4v) is 4.38. The number of anilines is 1. The van der Waals surface area contributed by atoms with E-state index in [0.717, 1.165) is 11.1 Å². The van der Waals surface area contributed by atoms with Crippen LogP contribution in [0.3, 0.4) is 0 Å². The van der Waals surface area contributed by atoms with Gasteiger partial charge in [0.2, 0.25) is 5.91 Å². The predicted molar refractivity (Wildman–Crippen MR) is 130 cm³/mol. The van der Waals surface area contributed by atoms with Crippen molar-refractivity contribution >= 4 is 35.2 Å². The molecule has 0 radical (unpaired) electrons. The molecule has 4 rings (SSSR count). The second kappa shape index (κ2) is 10.4. The minimum atomic E-state index is -0.998. The van der Waals surface area contributed by atoms with Gasteiger partial charge in [-0.05, 0) is 41.3 Å². The molecule has 1 aliphatic rings. The second-order valence-corrected chi connectivity index (χ2v) is 8.58. The van der Waals surface area contributed by atoms with Crippen LogP contribution in [-0.2, 0) is 22.6 Å². The van der Waals surface area contributed by atoms with Gasteiger partial charge < -0.3 is 20.6 Å². The topological polar surface area (TPSA) is 98.7 Å². The van der Waals surface area contributed by atoms with E-state index in [4.69, 9.17) is 11.6 Å². The number of carbonyl (C=O) groups excluding carboxylic acids is 2. The maximum absolute atomic E-state index is 13.8. The average Bonchev–Trinajstić information content (AvgIpc) is 2.82. The molecule has 0 aromatic heterocycles. The van der Waals surface area contributed by atoms with Crippen LogP contribution in [0.25, 0.3) is 0 Å². The van der Waals surface area contributed by atoms with E-state index >= 15 is 0 Å². The normalized spacial score (nSPS) is 15.7. The maximum Gasteiger partial charge on any atom is 0.320 e. The molecule has 3 amide bonds. The van der Waals surface area contributed by atoms with Gasteiger partial charge in [-0.25, -0.2) is 4.79 Å². The zero-order valence-corrected chi connectivity index (χ0v) is 19.0. The minimum absolute atomic E-state index is 0.184. The summed E-state index contributed by atoms with van der Waals surface area (Å²) in [5.74, 6) is -1.35. The lowest BCUT2D eigenvalue weighted by atomic mass is 9.91. The van der Waals surface area contributed by atoms with Crippen molar-refractivity contribution in [3.8, 4) is 0 Å². The summed E-state index contributed by atoms with van der Waals surface area (Å²) in [5.41, 5.74) is 3.08. The molecule has 0 spiro atoms. The molecule has 3 aromatic rings. The summed E-state index contributed by atoms with van der Waals surface area (Å²) in [7, 11) is 0. The van der Waals surface area contributed by atoms with Crippen LogP contribution in [-0.4, -0.2) is 34.0 Å².